The Morgan fingerprint density at radius 3 is 2.17 bits per heavy atom. The molecule has 0 aliphatic carbocycles. The predicted molar refractivity (Wildman–Crippen MR) is 90.6 cm³/mol. The Hall–Kier alpha value is -0.210. The van der Waals surface area contributed by atoms with Gasteiger partial charge in [-0.05, 0) is 38.6 Å². The fourth-order valence-electron chi connectivity index (χ4n) is 3.87. The van der Waals surface area contributed by atoms with E-state index in [1.165, 1.54) is 0 Å². The first-order valence-corrected chi connectivity index (χ1v) is 10.6. The predicted octanol–water partition coefficient (Wildman–Crippen LogP) is 1.29. The molecule has 0 bridgehead atoms. The molecule has 0 aromatic rings. The Labute approximate surface area is 140 Å². The molecule has 3 aliphatic rings. The topological polar surface area (TPSA) is 53.1 Å². The monoisotopic (exact) mass is 345 g/mol. The van der Waals surface area contributed by atoms with Gasteiger partial charge >= 0.3 is 0 Å². The smallest absolute Gasteiger partial charge is 0.282 e. The minimum atomic E-state index is -3.27. The number of hydrogen-bond acceptors (Lipinski definition) is 4. The van der Waals surface area contributed by atoms with E-state index in [-0.39, 0.29) is 0 Å². The molecule has 1 atom stereocenters. The van der Waals surface area contributed by atoms with Crippen LogP contribution in [0.3, 0.4) is 0 Å². The molecule has 0 N–H and O–H groups in total. The van der Waals surface area contributed by atoms with Gasteiger partial charge in [0.15, 0.2) is 0 Å². The average molecular weight is 346 g/mol. The van der Waals surface area contributed by atoms with Crippen LogP contribution >= 0.6 is 0 Å². The van der Waals surface area contributed by atoms with Crippen LogP contribution in [0.25, 0.3) is 0 Å². The molecule has 3 saturated heterocycles. The Morgan fingerprint density at radius 1 is 0.783 bits per heavy atom. The third-order valence-electron chi connectivity index (χ3n) is 5.25. The summed E-state index contributed by atoms with van der Waals surface area (Å²) in [6.07, 6.45) is 7.88. The molecule has 3 fully saturated rings. The van der Waals surface area contributed by atoms with E-state index in [9.17, 15) is 8.42 Å². The van der Waals surface area contributed by atoms with E-state index < -0.39 is 10.2 Å². The zero-order valence-electron chi connectivity index (χ0n) is 14.2. The number of hydrogen-bond donors (Lipinski definition) is 0. The largest absolute Gasteiger partial charge is 0.377 e. The Morgan fingerprint density at radius 2 is 1.48 bits per heavy atom. The van der Waals surface area contributed by atoms with E-state index in [2.05, 4.69) is 4.90 Å². The number of nitrogens with zero attached hydrogens (tertiary/aromatic N) is 3. The molecule has 3 rings (SSSR count). The van der Waals surface area contributed by atoms with Crippen LogP contribution in [-0.4, -0.2) is 80.5 Å². The lowest BCUT2D eigenvalue weighted by atomic mass is 10.2. The van der Waals surface area contributed by atoms with Gasteiger partial charge in [-0.3, -0.25) is 4.90 Å². The van der Waals surface area contributed by atoms with Gasteiger partial charge in [0.25, 0.3) is 10.2 Å². The van der Waals surface area contributed by atoms with E-state index in [0.717, 1.165) is 71.2 Å². The summed E-state index contributed by atoms with van der Waals surface area (Å²) >= 11 is 0. The summed E-state index contributed by atoms with van der Waals surface area (Å²) in [4.78, 5) is 2.38. The molecule has 3 heterocycles. The SMILES string of the molecule is O=S(=O)(N1CCCCCC1)N1CCCN(C[C@H]2CCCO2)CC1. The molecule has 0 aromatic heterocycles. The highest BCUT2D eigenvalue weighted by molar-refractivity contribution is 7.86. The molecule has 3 aliphatic heterocycles. The lowest BCUT2D eigenvalue weighted by Crippen LogP contribution is -2.46. The van der Waals surface area contributed by atoms with Crippen LogP contribution in [0.15, 0.2) is 0 Å². The highest BCUT2D eigenvalue weighted by Crippen LogP contribution is 2.19. The second-order valence-corrected chi connectivity index (χ2v) is 8.94. The first kappa shape index (κ1) is 17.6. The molecule has 0 spiro atoms. The molecule has 0 aromatic carbocycles. The number of ether oxygens (including phenoxy) is 1. The van der Waals surface area contributed by atoms with Gasteiger partial charge in [-0.2, -0.15) is 17.0 Å². The van der Waals surface area contributed by atoms with Gasteiger partial charge in [0, 0.05) is 45.9 Å². The van der Waals surface area contributed by atoms with Crippen molar-refractivity contribution in [2.24, 2.45) is 0 Å². The second kappa shape index (κ2) is 8.25. The van der Waals surface area contributed by atoms with Crippen molar-refractivity contribution in [2.45, 2.75) is 51.0 Å². The zero-order chi connectivity index (χ0) is 16.1. The van der Waals surface area contributed by atoms with E-state index in [4.69, 9.17) is 4.74 Å². The quantitative estimate of drug-likeness (QED) is 0.771. The molecule has 0 amide bonds. The third-order valence-corrected chi connectivity index (χ3v) is 7.29. The summed E-state index contributed by atoms with van der Waals surface area (Å²) in [5.74, 6) is 0. The molecule has 7 heteroatoms. The summed E-state index contributed by atoms with van der Waals surface area (Å²) in [6, 6.07) is 0. The van der Waals surface area contributed by atoms with Gasteiger partial charge in [-0.1, -0.05) is 12.8 Å². The fraction of sp³-hybridized carbons (Fsp3) is 1.00. The van der Waals surface area contributed by atoms with Crippen molar-refractivity contribution in [3.63, 3.8) is 0 Å². The lowest BCUT2D eigenvalue weighted by Gasteiger charge is -2.28. The van der Waals surface area contributed by atoms with Gasteiger partial charge in [0.05, 0.1) is 6.10 Å². The van der Waals surface area contributed by atoms with Crippen molar-refractivity contribution >= 4 is 10.2 Å². The van der Waals surface area contributed by atoms with Crippen molar-refractivity contribution in [2.75, 3.05) is 52.4 Å². The first-order valence-electron chi connectivity index (χ1n) is 9.25. The lowest BCUT2D eigenvalue weighted by molar-refractivity contribution is 0.0749. The maximum atomic E-state index is 12.9. The average Bonchev–Trinajstić information content (AvgIpc) is 2.79. The summed E-state index contributed by atoms with van der Waals surface area (Å²) in [5, 5.41) is 0. The summed E-state index contributed by atoms with van der Waals surface area (Å²) in [6.45, 7) is 6.30. The van der Waals surface area contributed by atoms with Crippen molar-refractivity contribution in [1.29, 1.82) is 0 Å². The van der Waals surface area contributed by atoms with Crippen LogP contribution < -0.4 is 0 Å². The Kier molecular flexibility index (Phi) is 6.31. The van der Waals surface area contributed by atoms with Crippen molar-refractivity contribution < 1.29 is 13.2 Å². The van der Waals surface area contributed by atoms with E-state index in [1.54, 1.807) is 8.61 Å². The molecular weight excluding hydrogens is 314 g/mol. The van der Waals surface area contributed by atoms with Crippen molar-refractivity contribution in [3.05, 3.63) is 0 Å². The second-order valence-electron chi connectivity index (χ2n) is 7.01. The molecule has 0 unspecified atom stereocenters. The Bertz CT molecular complexity index is 457. The van der Waals surface area contributed by atoms with Crippen molar-refractivity contribution in [1.82, 2.24) is 13.5 Å². The van der Waals surface area contributed by atoms with Gasteiger partial charge in [-0.25, -0.2) is 0 Å². The molecule has 23 heavy (non-hydrogen) atoms. The van der Waals surface area contributed by atoms with E-state index in [1.807, 2.05) is 0 Å². The van der Waals surface area contributed by atoms with E-state index in [0.29, 0.717) is 32.3 Å². The highest BCUT2D eigenvalue weighted by atomic mass is 32.2. The number of rotatable bonds is 4. The molecule has 134 valence electrons. The van der Waals surface area contributed by atoms with Crippen LogP contribution in [-0.2, 0) is 14.9 Å². The van der Waals surface area contributed by atoms with Gasteiger partial charge in [0.1, 0.15) is 0 Å². The third kappa shape index (κ3) is 4.66. The standard InChI is InChI=1S/C16H31N3O3S/c20-23(21,18-9-3-1-2-4-10-18)19-11-6-8-17(12-13-19)15-16-7-5-14-22-16/h16H,1-15H2/t16-/m1/s1. The molecule has 0 radical (unpaired) electrons. The normalized spacial score (nSPS) is 30.2. The zero-order valence-corrected chi connectivity index (χ0v) is 15.0. The van der Waals surface area contributed by atoms with Crippen LogP contribution in [0.4, 0.5) is 0 Å². The van der Waals surface area contributed by atoms with Gasteiger partial charge < -0.3 is 4.74 Å². The van der Waals surface area contributed by atoms with Crippen LogP contribution in [0.5, 0.6) is 0 Å². The first-order chi connectivity index (χ1) is 11.2. The molecule has 0 saturated carbocycles. The van der Waals surface area contributed by atoms with Crippen LogP contribution in [0, 0.1) is 0 Å². The van der Waals surface area contributed by atoms with Crippen LogP contribution in [0.2, 0.25) is 0 Å². The van der Waals surface area contributed by atoms with Gasteiger partial charge in [-0.15, -0.1) is 0 Å². The van der Waals surface area contributed by atoms with E-state index >= 15 is 0 Å². The minimum Gasteiger partial charge on any atom is -0.377 e. The maximum absolute atomic E-state index is 12.9. The Balaban J connectivity index is 1.55. The molecule has 6 nitrogen and oxygen atoms in total. The fourth-order valence-corrected chi connectivity index (χ4v) is 5.59. The molecular formula is C16H31N3O3S. The van der Waals surface area contributed by atoms with Gasteiger partial charge in [0.2, 0.25) is 0 Å². The summed E-state index contributed by atoms with van der Waals surface area (Å²) in [7, 11) is -3.27. The van der Waals surface area contributed by atoms with Crippen molar-refractivity contribution in [3.8, 4) is 0 Å². The minimum absolute atomic E-state index is 0.351. The summed E-state index contributed by atoms with van der Waals surface area (Å²) in [5.41, 5.74) is 0. The highest BCUT2D eigenvalue weighted by Gasteiger charge is 2.31. The summed E-state index contributed by atoms with van der Waals surface area (Å²) < 4.78 is 35.0. The van der Waals surface area contributed by atoms with Crippen LogP contribution in [0.1, 0.15) is 44.9 Å². The maximum Gasteiger partial charge on any atom is 0.282 e.